The van der Waals surface area contributed by atoms with Crippen molar-refractivity contribution in [2.24, 2.45) is 5.73 Å². The topological polar surface area (TPSA) is 113 Å². The summed E-state index contributed by atoms with van der Waals surface area (Å²) >= 11 is 0. The van der Waals surface area contributed by atoms with Crippen molar-refractivity contribution in [1.82, 2.24) is 5.32 Å². The van der Waals surface area contributed by atoms with Crippen molar-refractivity contribution in [2.75, 3.05) is 0 Å². The summed E-state index contributed by atoms with van der Waals surface area (Å²) in [5, 5.41) is 20.3. The minimum atomic E-state index is -1.16. The number of nitrogens with one attached hydrogen (secondary N) is 1. The van der Waals surface area contributed by atoms with E-state index in [1.807, 2.05) is 5.32 Å². The maximum atomic E-state index is 11.0. The van der Waals surface area contributed by atoms with Crippen molar-refractivity contribution >= 4 is 11.8 Å². The average molecular weight is 204 g/mol. The van der Waals surface area contributed by atoms with E-state index in [9.17, 15) is 14.7 Å². The van der Waals surface area contributed by atoms with Crippen LogP contribution in [-0.4, -0.2) is 40.3 Å². The van der Waals surface area contributed by atoms with Crippen LogP contribution in [0, 0.1) is 0 Å². The van der Waals surface area contributed by atoms with Gasteiger partial charge >= 0.3 is 0 Å². The Morgan fingerprint density at radius 1 is 1.43 bits per heavy atom. The fourth-order valence-electron chi connectivity index (χ4n) is 0.895. The minimum Gasteiger partial charge on any atom is -0.392 e. The van der Waals surface area contributed by atoms with Gasteiger partial charge in [-0.05, 0) is 6.92 Å². The van der Waals surface area contributed by atoms with Gasteiger partial charge in [-0.2, -0.15) is 0 Å². The van der Waals surface area contributed by atoms with Gasteiger partial charge in [0.25, 0.3) is 0 Å². The lowest BCUT2D eigenvalue weighted by Gasteiger charge is -2.20. The summed E-state index contributed by atoms with van der Waals surface area (Å²) in [6.45, 7) is 2.61. The highest BCUT2D eigenvalue weighted by Gasteiger charge is 2.22. The molecule has 6 nitrogen and oxygen atoms in total. The van der Waals surface area contributed by atoms with E-state index >= 15 is 0 Å². The second-order valence-corrected chi connectivity index (χ2v) is 3.19. The Kier molecular flexibility index (Phi) is 5.29. The van der Waals surface area contributed by atoms with Crippen LogP contribution in [0.25, 0.3) is 0 Å². The third-order valence-corrected chi connectivity index (χ3v) is 1.71. The molecule has 0 bridgehead atoms. The maximum Gasteiger partial charge on any atom is 0.229 e. The van der Waals surface area contributed by atoms with Gasteiger partial charge in [0.15, 0.2) is 0 Å². The third kappa shape index (κ3) is 4.90. The molecule has 0 radical (unpaired) electrons. The normalized spacial score (nSPS) is 16.9. The van der Waals surface area contributed by atoms with Crippen molar-refractivity contribution in [2.45, 2.75) is 38.5 Å². The van der Waals surface area contributed by atoms with Crippen LogP contribution >= 0.6 is 0 Å². The van der Waals surface area contributed by atoms with Gasteiger partial charge in [-0.3, -0.25) is 14.9 Å². The van der Waals surface area contributed by atoms with Gasteiger partial charge in [0.05, 0.1) is 24.7 Å². The van der Waals surface area contributed by atoms with Gasteiger partial charge in [0.2, 0.25) is 11.8 Å². The average Bonchev–Trinajstić information content (AvgIpc) is 2.00. The van der Waals surface area contributed by atoms with Crippen molar-refractivity contribution in [1.29, 1.82) is 0 Å². The lowest BCUT2D eigenvalue weighted by Crippen LogP contribution is -2.45. The lowest BCUT2D eigenvalue weighted by atomic mass is 10.0. The van der Waals surface area contributed by atoms with Crippen LogP contribution in [0.15, 0.2) is 0 Å². The van der Waals surface area contributed by atoms with Crippen LogP contribution in [0.5, 0.6) is 0 Å². The van der Waals surface area contributed by atoms with Gasteiger partial charge in [-0.25, -0.2) is 0 Å². The molecule has 0 saturated carbocycles. The summed E-state index contributed by atoms with van der Waals surface area (Å²) in [6, 6.07) is -0.896. The number of rotatable bonds is 4. The molecule has 0 unspecified atom stereocenters. The van der Waals surface area contributed by atoms with Crippen molar-refractivity contribution < 1.29 is 19.8 Å². The smallest absolute Gasteiger partial charge is 0.229 e. The van der Waals surface area contributed by atoms with E-state index in [1.165, 1.54) is 13.8 Å². The summed E-state index contributed by atoms with van der Waals surface area (Å²) in [6.07, 6.45) is -2.37. The largest absolute Gasteiger partial charge is 0.392 e. The Bertz CT molecular complexity index is 217. The molecule has 0 saturated heterocycles. The second kappa shape index (κ2) is 5.69. The third-order valence-electron chi connectivity index (χ3n) is 1.71. The highest BCUT2D eigenvalue weighted by Crippen LogP contribution is 2.01. The molecule has 0 fully saturated rings. The molecule has 0 aliphatic carbocycles. The van der Waals surface area contributed by atoms with Crippen molar-refractivity contribution in [3.63, 3.8) is 0 Å². The highest BCUT2D eigenvalue weighted by atomic mass is 16.3. The van der Waals surface area contributed by atoms with Crippen LogP contribution in [0.2, 0.25) is 0 Å². The summed E-state index contributed by atoms with van der Waals surface area (Å²) in [5.41, 5.74) is 5.37. The van der Waals surface area contributed by atoms with Crippen LogP contribution in [0.3, 0.4) is 0 Å². The zero-order valence-corrected chi connectivity index (χ0v) is 8.23. The Hall–Kier alpha value is -0.980. The number of carbonyl (C=O) groups is 2. The molecule has 82 valence electrons. The first-order valence-corrected chi connectivity index (χ1v) is 4.26. The van der Waals surface area contributed by atoms with E-state index in [-0.39, 0.29) is 6.42 Å². The van der Waals surface area contributed by atoms with Crippen LogP contribution in [-0.2, 0) is 9.59 Å². The molecule has 0 aromatic carbocycles. The Balaban J connectivity index is 3.99. The van der Waals surface area contributed by atoms with E-state index in [4.69, 9.17) is 10.8 Å². The lowest BCUT2D eigenvalue weighted by molar-refractivity contribution is -0.130. The van der Waals surface area contributed by atoms with Crippen LogP contribution < -0.4 is 11.1 Å². The van der Waals surface area contributed by atoms with E-state index in [0.29, 0.717) is 0 Å². The van der Waals surface area contributed by atoms with Gasteiger partial charge < -0.3 is 15.9 Å². The van der Waals surface area contributed by atoms with Crippen molar-refractivity contribution in [3.05, 3.63) is 0 Å². The number of aliphatic hydroxyl groups is 2. The predicted octanol–water partition coefficient (Wildman–Crippen LogP) is -1.89. The van der Waals surface area contributed by atoms with Gasteiger partial charge in [-0.1, -0.05) is 0 Å². The zero-order valence-electron chi connectivity index (χ0n) is 8.23. The number of aliphatic hydroxyl groups excluding tert-OH is 2. The fraction of sp³-hybridized carbons (Fsp3) is 0.750. The molecule has 0 aliphatic heterocycles. The molecule has 3 atom stereocenters. The highest BCUT2D eigenvalue weighted by molar-refractivity contribution is 5.94. The molecule has 0 aromatic rings. The minimum absolute atomic E-state index is 0.300. The molecular weight excluding hydrogens is 188 g/mol. The molecule has 0 rings (SSSR count). The first-order valence-electron chi connectivity index (χ1n) is 4.26. The fourth-order valence-corrected chi connectivity index (χ4v) is 0.895. The monoisotopic (exact) mass is 204 g/mol. The summed E-state index contributed by atoms with van der Waals surface area (Å²) < 4.78 is 0. The van der Waals surface area contributed by atoms with Gasteiger partial charge in [0, 0.05) is 6.92 Å². The maximum absolute atomic E-state index is 11.0. The van der Waals surface area contributed by atoms with Crippen LogP contribution in [0.1, 0.15) is 20.3 Å². The molecular formula is C8H16N2O4. The number of hydrogen-bond donors (Lipinski definition) is 4. The number of hydrogen-bond acceptors (Lipinski definition) is 5. The predicted molar refractivity (Wildman–Crippen MR) is 49.1 cm³/mol. The first-order chi connectivity index (χ1) is 6.34. The number of amides is 2. The van der Waals surface area contributed by atoms with E-state index in [0.717, 1.165) is 0 Å². The first kappa shape index (κ1) is 13.0. The molecule has 0 aromatic heterocycles. The molecule has 2 amide bonds. The molecule has 0 spiro atoms. The quantitative estimate of drug-likeness (QED) is 0.427. The summed E-state index contributed by atoms with van der Waals surface area (Å²) in [5.74, 6) is -1.10. The molecule has 6 heteroatoms. The Labute approximate surface area is 82.1 Å². The number of imide groups is 1. The number of nitrogens with two attached hydrogens (primary N) is 1. The van der Waals surface area contributed by atoms with Gasteiger partial charge in [-0.15, -0.1) is 0 Å². The summed E-state index contributed by atoms with van der Waals surface area (Å²) in [4.78, 5) is 21.4. The Morgan fingerprint density at radius 3 is 2.29 bits per heavy atom. The summed E-state index contributed by atoms with van der Waals surface area (Å²) in [7, 11) is 0. The van der Waals surface area contributed by atoms with Gasteiger partial charge in [0.1, 0.15) is 0 Å². The standard InChI is InChI=1S/C8H16N2O4/c1-4(11)8(9)6(13)3-7(14)10-5(2)12/h4,6,8,11,13H,3,9H2,1-2H3,(H,10,12,14)/t4-,6-,8+/m1/s1. The molecule has 0 heterocycles. The molecule has 0 aliphatic rings. The Morgan fingerprint density at radius 2 is 1.93 bits per heavy atom. The van der Waals surface area contributed by atoms with E-state index in [2.05, 4.69) is 0 Å². The SMILES string of the molecule is CC(=O)NC(=O)C[C@@H](O)[C@@H](N)[C@@H](C)O. The zero-order chi connectivity index (χ0) is 11.3. The van der Waals surface area contributed by atoms with Crippen molar-refractivity contribution in [3.8, 4) is 0 Å². The number of carbonyl (C=O) groups excluding carboxylic acids is 2. The van der Waals surface area contributed by atoms with E-state index in [1.54, 1.807) is 0 Å². The van der Waals surface area contributed by atoms with E-state index < -0.39 is 30.1 Å². The molecule has 14 heavy (non-hydrogen) atoms. The molecule has 5 N–H and O–H groups in total. The van der Waals surface area contributed by atoms with Crippen LogP contribution in [0.4, 0.5) is 0 Å². The second-order valence-electron chi connectivity index (χ2n) is 3.19.